The minimum atomic E-state index is -0.826. The summed E-state index contributed by atoms with van der Waals surface area (Å²) in [6.45, 7) is 0.727. The lowest BCUT2D eigenvalue weighted by atomic mass is 9.95. The van der Waals surface area contributed by atoms with Gasteiger partial charge < -0.3 is 14.9 Å². The zero-order chi connectivity index (χ0) is 22.0. The number of nitrogens with zero attached hydrogens (tertiary/aromatic N) is 3. The molecule has 7 nitrogen and oxygen atoms in total. The van der Waals surface area contributed by atoms with Gasteiger partial charge in [0.05, 0.1) is 30.4 Å². The van der Waals surface area contributed by atoms with Crippen molar-refractivity contribution in [2.75, 3.05) is 18.6 Å². The van der Waals surface area contributed by atoms with E-state index in [1.165, 1.54) is 5.56 Å². The summed E-state index contributed by atoms with van der Waals surface area (Å²) in [5, 5.41) is 13.4. The molecule has 2 unspecified atom stereocenters. The van der Waals surface area contributed by atoms with Crippen LogP contribution in [0.25, 0.3) is 10.9 Å². The Morgan fingerprint density at radius 3 is 2.62 bits per heavy atom. The van der Waals surface area contributed by atoms with Crippen LogP contribution in [0.15, 0.2) is 48.5 Å². The van der Waals surface area contributed by atoms with Gasteiger partial charge in [0.2, 0.25) is 0 Å². The highest BCUT2D eigenvalue weighted by atomic mass is 16.3. The summed E-state index contributed by atoms with van der Waals surface area (Å²) in [6, 6.07) is 16.3. The molecule has 3 amide bonds. The molecule has 0 radical (unpaired) electrons. The fourth-order valence-electron chi connectivity index (χ4n) is 5.53. The lowest BCUT2D eigenvalue weighted by molar-refractivity contribution is -0.125. The van der Waals surface area contributed by atoms with Crippen molar-refractivity contribution in [3.05, 3.63) is 70.9 Å². The van der Waals surface area contributed by atoms with Gasteiger partial charge in [-0.05, 0) is 47.4 Å². The molecule has 2 aromatic carbocycles. The van der Waals surface area contributed by atoms with Crippen LogP contribution >= 0.6 is 0 Å². The number of rotatable bonds is 3. The Balaban J connectivity index is 1.33. The second-order valence-corrected chi connectivity index (χ2v) is 9.12. The molecule has 162 valence electrons. The number of pyridine rings is 1. The summed E-state index contributed by atoms with van der Waals surface area (Å²) in [4.78, 5) is 33.3. The van der Waals surface area contributed by atoms with Gasteiger partial charge in [0, 0.05) is 31.0 Å². The number of fused-ring (bicyclic) bond motifs is 3. The van der Waals surface area contributed by atoms with E-state index in [2.05, 4.69) is 40.5 Å². The second kappa shape index (κ2) is 6.77. The number of carbonyl (C=O) groups excluding carboxylic acids is 2. The number of benzene rings is 2. The molecule has 0 bridgehead atoms. The molecule has 1 spiro atoms. The predicted octanol–water partition coefficient (Wildman–Crippen LogP) is 2.18. The molecule has 3 aliphatic rings. The topological polar surface area (TPSA) is 85.8 Å². The van der Waals surface area contributed by atoms with Gasteiger partial charge in [-0.25, -0.2) is 4.79 Å². The third-order valence-electron chi connectivity index (χ3n) is 7.36. The first kappa shape index (κ1) is 19.3. The fourth-order valence-corrected chi connectivity index (χ4v) is 5.53. The largest absolute Gasteiger partial charge is 0.394 e. The first-order chi connectivity index (χ1) is 15.5. The maximum Gasteiger partial charge on any atom is 0.324 e. The highest BCUT2D eigenvalue weighted by molar-refractivity contribution is 6.07. The maximum atomic E-state index is 12.6. The van der Waals surface area contributed by atoms with E-state index in [1.54, 1.807) is 11.9 Å². The molecule has 0 saturated carbocycles. The van der Waals surface area contributed by atoms with E-state index in [-0.39, 0.29) is 24.6 Å². The molecule has 1 aliphatic carbocycles. The van der Waals surface area contributed by atoms with Crippen LogP contribution in [0.2, 0.25) is 0 Å². The zero-order valence-corrected chi connectivity index (χ0v) is 17.8. The molecule has 2 N–H and O–H groups in total. The van der Waals surface area contributed by atoms with Gasteiger partial charge in [-0.3, -0.25) is 15.1 Å². The zero-order valence-electron chi connectivity index (χ0n) is 17.8. The number of aliphatic hydroxyl groups is 1. The molecule has 6 rings (SSSR count). The average molecular weight is 428 g/mol. The Morgan fingerprint density at radius 2 is 1.88 bits per heavy atom. The Bertz CT molecular complexity index is 1290. The van der Waals surface area contributed by atoms with Crippen LogP contribution in [0.3, 0.4) is 0 Å². The maximum absolute atomic E-state index is 12.6. The normalized spacial score (nSPS) is 23.9. The molecule has 32 heavy (non-hydrogen) atoms. The van der Waals surface area contributed by atoms with E-state index < -0.39 is 5.54 Å². The van der Waals surface area contributed by atoms with Crippen LogP contribution in [-0.4, -0.2) is 52.2 Å². The van der Waals surface area contributed by atoms with Gasteiger partial charge in [-0.2, -0.15) is 0 Å². The van der Waals surface area contributed by atoms with Gasteiger partial charge in [0.15, 0.2) is 0 Å². The number of urea groups is 1. The van der Waals surface area contributed by atoms with E-state index in [0.717, 1.165) is 39.8 Å². The Labute approximate surface area is 185 Å². The number of likely N-dealkylation sites (N-methyl/N-ethyl adjacent to an activating group) is 1. The number of anilines is 1. The summed E-state index contributed by atoms with van der Waals surface area (Å²) in [6.07, 6.45) is 1.87. The molecule has 2 aliphatic heterocycles. The highest BCUT2D eigenvalue weighted by Gasteiger charge is 2.54. The smallest absolute Gasteiger partial charge is 0.324 e. The highest BCUT2D eigenvalue weighted by Crippen LogP contribution is 2.39. The molecule has 1 aromatic heterocycles. The number of nitrogens with one attached hydrogen (secondary N) is 1. The Kier molecular flexibility index (Phi) is 4.07. The lowest BCUT2D eigenvalue weighted by Crippen LogP contribution is -2.48. The molecule has 2 atom stereocenters. The average Bonchev–Trinajstić information content (AvgIpc) is 3.41. The number of imide groups is 1. The second-order valence-electron chi connectivity index (χ2n) is 9.12. The first-order valence-corrected chi connectivity index (χ1v) is 10.9. The standard InChI is InChI=1S/C25H24N4O3/c1-28-24(32)27-23(31)25(28)11-17-8-15-6-7-19(26-21(15)10-18(17)12-25)13-29-20(14-30)9-16-4-2-3-5-22(16)29/h2-8,10,20,30H,9,11-14H2,1H3,(H,27,31,32). The summed E-state index contributed by atoms with van der Waals surface area (Å²) in [5.74, 6) is -0.221. The number of hydrogen-bond acceptors (Lipinski definition) is 5. The number of aliphatic hydroxyl groups excluding tert-OH is 1. The van der Waals surface area contributed by atoms with Crippen molar-refractivity contribution in [1.29, 1.82) is 0 Å². The molecule has 1 fully saturated rings. The SMILES string of the molecule is CN1C(=O)NC(=O)C12Cc1cc3ccc(CN4c5ccccc5CC4CO)nc3cc1C2. The van der Waals surface area contributed by atoms with Crippen LogP contribution in [0.4, 0.5) is 10.5 Å². The Morgan fingerprint density at radius 1 is 1.09 bits per heavy atom. The van der Waals surface area contributed by atoms with E-state index >= 15 is 0 Å². The molecule has 1 saturated heterocycles. The van der Waals surface area contributed by atoms with Crippen molar-refractivity contribution in [2.24, 2.45) is 0 Å². The van der Waals surface area contributed by atoms with Crippen LogP contribution in [0.1, 0.15) is 22.4 Å². The minimum Gasteiger partial charge on any atom is -0.394 e. The van der Waals surface area contributed by atoms with Gasteiger partial charge in [-0.1, -0.05) is 24.3 Å². The lowest BCUT2D eigenvalue weighted by Gasteiger charge is -2.27. The molecule has 3 aromatic rings. The predicted molar refractivity (Wildman–Crippen MR) is 120 cm³/mol. The van der Waals surface area contributed by atoms with Crippen molar-refractivity contribution in [2.45, 2.75) is 37.4 Å². The van der Waals surface area contributed by atoms with Gasteiger partial charge >= 0.3 is 6.03 Å². The Hall–Kier alpha value is -3.45. The van der Waals surface area contributed by atoms with Crippen LogP contribution < -0.4 is 10.2 Å². The quantitative estimate of drug-likeness (QED) is 0.625. The van der Waals surface area contributed by atoms with Crippen molar-refractivity contribution >= 4 is 28.5 Å². The van der Waals surface area contributed by atoms with E-state index in [1.807, 2.05) is 18.2 Å². The van der Waals surface area contributed by atoms with Crippen molar-refractivity contribution < 1.29 is 14.7 Å². The fraction of sp³-hybridized carbons (Fsp3) is 0.320. The number of aromatic nitrogens is 1. The summed E-state index contributed by atoms with van der Waals surface area (Å²) in [7, 11) is 1.69. The van der Waals surface area contributed by atoms with Gasteiger partial charge in [-0.15, -0.1) is 0 Å². The number of amides is 3. The summed E-state index contributed by atoms with van der Waals surface area (Å²) >= 11 is 0. The van der Waals surface area contributed by atoms with Crippen LogP contribution in [-0.2, 0) is 30.6 Å². The van der Waals surface area contributed by atoms with Crippen molar-refractivity contribution in [3.8, 4) is 0 Å². The van der Waals surface area contributed by atoms with Crippen LogP contribution in [0.5, 0.6) is 0 Å². The van der Waals surface area contributed by atoms with Gasteiger partial charge in [0.25, 0.3) is 5.91 Å². The first-order valence-electron chi connectivity index (χ1n) is 10.9. The summed E-state index contributed by atoms with van der Waals surface area (Å²) in [5.41, 5.74) is 5.57. The molecule has 7 heteroatoms. The third kappa shape index (κ3) is 2.67. The summed E-state index contributed by atoms with van der Waals surface area (Å²) < 4.78 is 0. The van der Waals surface area contributed by atoms with Gasteiger partial charge in [0.1, 0.15) is 5.54 Å². The molecular formula is C25H24N4O3. The van der Waals surface area contributed by atoms with Crippen molar-refractivity contribution in [1.82, 2.24) is 15.2 Å². The number of hydrogen-bond donors (Lipinski definition) is 2. The van der Waals surface area contributed by atoms with E-state index in [9.17, 15) is 14.7 Å². The van der Waals surface area contributed by atoms with Crippen molar-refractivity contribution in [3.63, 3.8) is 0 Å². The number of carbonyl (C=O) groups is 2. The number of para-hydroxylation sites is 1. The monoisotopic (exact) mass is 428 g/mol. The van der Waals surface area contributed by atoms with E-state index in [4.69, 9.17) is 4.98 Å². The van der Waals surface area contributed by atoms with E-state index in [0.29, 0.717) is 19.4 Å². The minimum absolute atomic E-state index is 0.0544. The molecular weight excluding hydrogens is 404 g/mol. The van der Waals surface area contributed by atoms with Crippen LogP contribution in [0, 0.1) is 0 Å². The third-order valence-corrected chi connectivity index (χ3v) is 7.36. The molecule has 3 heterocycles.